The van der Waals surface area contributed by atoms with Crippen LogP contribution in [0.3, 0.4) is 0 Å². The first-order valence-electron chi connectivity index (χ1n) is 7.48. The van der Waals surface area contributed by atoms with E-state index in [0.717, 1.165) is 32.4 Å². The molecule has 4 nitrogen and oxygen atoms in total. The average molecular weight is 284 g/mol. The van der Waals surface area contributed by atoms with E-state index in [1.165, 1.54) is 11.8 Å². The minimum absolute atomic E-state index is 0.0336. The van der Waals surface area contributed by atoms with Gasteiger partial charge in [0.15, 0.2) is 5.89 Å². The highest BCUT2D eigenvalue weighted by Crippen LogP contribution is 2.22. The van der Waals surface area contributed by atoms with E-state index in [9.17, 15) is 4.79 Å². The third-order valence-corrected chi connectivity index (χ3v) is 4.10. The van der Waals surface area contributed by atoms with E-state index in [1.807, 2.05) is 11.0 Å². The van der Waals surface area contributed by atoms with E-state index >= 15 is 0 Å². The Morgan fingerprint density at radius 1 is 1.29 bits per heavy atom. The van der Waals surface area contributed by atoms with Gasteiger partial charge in [0.2, 0.25) is 5.76 Å². The van der Waals surface area contributed by atoms with E-state index in [4.69, 9.17) is 4.42 Å². The van der Waals surface area contributed by atoms with Crippen molar-refractivity contribution in [2.45, 2.75) is 26.2 Å². The van der Waals surface area contributed by atoms with Crippen LogP contribution in [0.4, 0.5) is 0 Å². The molecule has 1 saturated heterocycles. The van der Waals surface area contributed by atoms with Crippen molar-refractivity contribution in [3.8, 4) is 0 Å². The lowest BCUT2D eigenvalue weighted by Gasteiger charge is -2.31. The van der Waals surface area contributed by atoms with Gasteiger partial charge in [0, 0.05) is 20.0 Å². The van der Waals surface area contributed by atoms with Crippen molar-refractivity contribution in [3.05, 3.63) is 53.7 Å². The molecular weight excluding hydrogens is 264 g/mol. The molecule has 0 bridgehead atoms. The van der Waals surface area contributed by atoms with Crippen molar-refractivity contribution >= 4 is 5.91 Å². The molecular formula is C17H20N2O2. The SMILES string of the molecule is Cc1ncc(C(=O)N2CCC(Cc3ccccc3)CC2)o1. The molecule has 0 spiro atoms. The van der Waals surface area contributed by atoms with Gasteiger partial charge in [-0.1, -0.05) is 30.3 Å². The fourth-order valence-corrected chi connectivity index (χ4v) is 2.90. The Morgan fingerprint density at radius 2 is 2.00 bits per heavy atom. The predicted octanol–water partition coefficient (Wildman–Crippen LogP) is 3.08. The quantitative estimate of drug-likeness (QED) is 0.870. The first-order valence-corrected chi connectivity index (χ1v) is 7.48. The van der Waals surface area contributed by atoms with Crippen molar-refractivity contribution < 1.29 is 9.21 Å². The number of amides is 1. The van der Waals surface area contributed by atoms with Gasteiger partial charge in [-0.2, -0.15) is 0 Å². The Morgan fingerprint density at radius 3 is 2.62 bits per heavy atom. The third-order valence-electron chi connectivity index (χ3n) is 4.10. The lowest BCUT2D eigenvalue weighted by atomic mass is 9.90. The summed E-state index contributed by atoms with van der Waals surface area (Å²) in [6.45, 7) is 3.36. The topological polar surface area (TPSA) is 46.3 Å². The Kier molecular flexibility index (Phi) is 4.04. The molecule has 1 aromatic carbocycles. The summed E-state index contributed by atoms with van der Waals surface area (Å²) in [4.78, 5) is 18.1. The summed E-state index contributed by atoms with van der Waals surface area (Å²) in [6.07, 6.45) is 4.72. The largest absolute Gasteiger partial charge is 0.436 e. The maximum atomic E-state index is 12.3. The highest BCUT2D eigenvalue weighted by atomic mass is 16.4. The Bertz CT molecular complexity index is 598. The maximum Gasteiger partial charge on any atom is 0.291 e. The maximum absolute atomic E-state index is 12.3. The zero-order valence-corrected chi connectivity index (χ0v) is 12.3. The fraction of sp³-hybridized carbons (Fsp3) is 0.412. The van der Waals surface area contributed by atoms with Crippen LogP contribution in [0.2, 0.25) is 0 Å². The van der Waals surface area contributed by atoms with E-state index in [0.29, 0.717) is 17.6 Å². The van der Waals surface area contributed by atoms with Crippen LogP contribution in [0.1, 0.15) is 34.9 Å². The van der Waals surface area contributed by atoms with Crippen LogP contribution in [0, 0.1) is 12.8 Å². The van der Waals surface area contributed by atoms with Crippen LogP contribution in [0.15, 0.2) is 40.9 Å². The van der Waals surface area contributed by atoms with Crippen molar-refractivity contribution in [2.24, 2.45) is 5.92 Å². The van der Waals surface area contributed by atoms with Crippen molar-refractivity contribution in [3.63, 3.8) is 0 Å². The minimum Gasteiger partial charge on any atom is -0.436 e. The number of aryl methyl sites for hydroxylation is 1. The molecule has 1 aromatic heterocycles. The van der Waals surface area contributed by atoms with E-state index in [1.54, 1.807) is 6.92 Å². The van der Waals surface area contributed by atoms with Crippen LogP contribution < -0.4 is 0 Å². The molecule has 4 heteroatoms. The number of oxazole rings is 1. The Labute approximate surface area is 124 Å². The molecule has 2 heterocycles. The zero-order valence-electron chi connectivity index (χ0n) is 12.3. The van der Waals surface area contributed by atoms with E-state index in [2.05, 4.69) is 29.2 Å². The molecule has 0 radical (unpaired) electrons. The highest BCUT2D eigenvalue weighted by Gasteiger charge is 2.25. The number of hydrogen-bond acceptors (Lipinski definition) is 3. The average Bonchev–Trinajstić information content (AvgIpc) is 2.95. The third kappa shape index (κ3) is 3.32. The molecule has 3 rings (SSSR count). The van der Waals surface area contributed by atoms with Gasteiger partial charge in [-0.15, -0.1) is 0 Å². The Hall–Kier alpha value is -2.10. The first-order chi connectivity index (χ1) is 10.2. The second-order valence-electron chi connectivity index (χ2n) is 5.67. The van der Waals surface area contributed by atoms with Crippen molar-refractivity contribution in [2.75, 3.05) is 13.1 Å². The summed E-state index contributed by atoms with van der Waals surface area (Å²) in [5, 5.41) is 0. The fourth-order valence-electron chi connectivity index (χ4n) is 2.90. The summed E-state index contributed by atoms with van der Waals surface area (Å²) < 4.78 is 5.32. The number of benzene rings is 1. The number of aromatic nitrogens is 1. The second-order valence-corrected chi connectivity index (χ2v) is 5.67. The normalized spacial score (nSPS) is 16.1. The summed E-state index contributed by atoms with van der Waals surface area (Å²) in [5.74, 6) is 1.52. The molecule has 110 valence electrons. The van der Waals surface area contributed by atoms with Gasteiger partial charge in [-0.05, 0) is 30.7 Å². The van der Waals surface area contributed by atoms with Gasteiger partial charge < -0.3 is 9.32 Å². The van der Waals surface area contributed by atoms with Gasteiger partial charge in [-0.25, -0.2) is 4.98 Å². The van der Waals surface area contributed by atoms with Crippen LogP contribution >= 0.6 is 0 Å². The van der Waals surface area contributed by atoms with Crippen LogP contribution in [-0.4, -0.2) is 28.9 Å². The standard InChI is InChI=1S/C17H20N2O2/c1-13-18-12-16(21-13)17(20)19-9-7-15(8-10-19)11-14-5-3-2-4-6-14/h2-6,12,15H,7-11H2,1H3. The smallest absolute Gasteiger partial charge is 0.291 e. The Balaban J connectivity index is 1.54. The van der Waals surface area contributed by atoms with Crippen molar-refractivity contribution in [1.29, 1.82) is 0 Å². The summed E-state index contributed by atoms with van der Waals surface area (Å²) in [5.41, 5.74) is 1.38. The molecule has 1 aliphatic heterocycles. The lowest BCUT2D eigenvalue weighted by Crippen LogP contribution is -2.38. The number of carbonyl (C=O) groups excluding carboxylic acids is 1. The van der Waals surface area contributed by atoms with Gasteiger partial charge in [0.05, 0.1) is 6.20 Å². The van der Waals surface area contributed by atoms with Crippen LogP contribution in [-0.2, 0) is 6.42 Å². The molecule has 1 fully saturated rings. The summed E-state index contributed by atoms with van der Waals surface area (Å²) >= 11 is 0. The summed E-state index contributed by atoms with van der Waals surface area (Å²) in [7, 11) is 0. The van der Waals surface area contributed by atoms with E-state index in [-0.39, 0.29) is 5.91 Å². The molecule has 1 aliphatic rings. The van der Waals surface area contributed by atoms with Crippen LogP contribution in [0.5, 0.6) is 0 Å². The number of likely N-dealkylation sites (tertiary alicyclic amines) is 1. The molecule has 2 aromatic rings. The first kappa shape index (κ1) is 13.9. The lowest BCUT2D eigenvalue weighted by molar-refractivity contribution is 0.0657. The second kappa shape index (κ2) is 6.12. The molecule has 0 atom stereocenters. The highest BCUT2D eigenvalue weighted by molar-refractivity contribution is 5.91. The molecule has 0 unspecified atom stereocenters. The molecule has 0 aliphatic carbocycles. The van der Waals surface area contributed by atoms with Gasteiger partial charge >= 0.3 is 0 Å². The monoisotopic (exact) mass is 284 g/mol. The molecule has 1 amide bonds. The van der Waals surface area contributed by atoms with E-state index < -0.39 is 0 Å². The zero-order chi connectivity index (χ0) is 14.7. The van der Waals surface area contributed by atoms with Gasteiger partial charge in [0.25, 0.3) is 5.91 Å². The van der Waals surface area contributed by atoms with Crippen molar-refractivity contribution in [1.82, 2.24) is 9.88 Å². The predicted molar refractivity (Wildman–Crippen MR) is 80.0 cm³/mol. The summed E-state index contributed by atoms with van der Waals surface area (Å²) in [6, 6.07) is 10.6. The molecule has 0 N–H and O–H groups in total. The number of rotatable bonds is 3. The molecule has 21 heavy (non-hydrogen) atoms. The van der Waals surface area contributed by atoms with Gasteiger partial charge in [0.1, 0.15) is 0 Å². The number of hydrogen-bond donors (Lipinski definition) is 0. The number of piperidine rings is 1. The minimum atomic E-state index is -0.0336. The number of nitrogens with zero attached hydrogens (tertiary/aromatic N) is 2. The van der Waals surface area contributed by atoms with Crippen LogP contribution in [0.25, 0.3) is 0 Å². The molecule has 0 saturated carbocycles. The number of carbonyl (C=O) groups is 1. The van der Waals surface area contributed by atoms with Gasteiger partial charge in [-0.3, -0.25) is 4.79 Å².